The standard InChI is InChI=1S/C23H45N9O8S2/c24-7-3-1-5-15(19(28)35)31-22(38)17(12-42-41-11-14(27)23(39)40)30-18(34)9-29-21(37)16(6-2-4-8-25)32-20(36)13(26)10-33/h13-17,33H,1-12,24-27H2,(H2,28,35)(H,29,37)(H,30,34)(H,31,38)(H,32,36)(H,39,40)/t13-,14-,15?,16-,17+/m0/s1. The van der Waals surface area contributed by atoms with Crippen LogP contribution in [-0.4, -0.2) is 114 Å². The summed E-state index contributed by atoms with van der Waals surface area (Å²) in [7, 11) is 2.15. The van der Waals surface area contributed by atoms with Crippen LogP contribution in [0.5, 0.6) is 0 Å². The first kappa shape index (κ1) is 39.3. The van der Waals surface area contributed by atoms with Crippen LogP contribution in [0.1, 0.15) is 38.5 Å². The number of aliphatic carboxylic acids is 1. The summed E-state index contributed by atoms with van der Waals surface area (Å²) in [6.45, 7) is -0.430. The number of hydrogen-bond donors (Lipinski definition) is 11. The summed E-state index contributed by atoms with van der Waals surface area (Å²) in [5.74, 6) is -4.88. The highest BCUT2D eigenvalue weighted by atomic mass is 33.1. The van der Waals surface area contributed by atoms with E-state index in [1.807, 2.05) is 0 Å². The molecule has 242 valence electrons. The SMILES string of the molecule is NCCCCC(NC(=O)[C@@H](CSSC[C@H](N)C(=O)O)NC(=O)CNC(=O)[C@H](CCCCN)NC(=O)[C@@H](N)CO)C(N)=O. The molecule has 0 aliphatic carbocycles. The van der Waals surface area contributed by atoms with Gasteiger partial charge in [-0.1, -0.05) is 21.6 Å². The maximum Gasteiger partial charge on any atom is 0.321 e. The Kier molecular flexibility index (Phi) is 21.4. The summed E-state index contributed by atoms with van der Waals surface area (Å²) < 4.78 is 0. The van der Waals surface area contributed by atoms with Crippen molar-refractivity contribution >= 4 is 57.1 Å². The molecular formula is C23H45N9O8S2. The number of nitrogens with one attached hydrogen (secondary N) is 4. The van der Waals surface area contributed by atoms with Crippen LogP contribution in [0.3, 0.4) is 0 Å². The second-order valence-electron chi connectivity index (χ2n) is 9.23. The Bertz CT molecular complexity index is 887. The third kappa shape index (κ3) is 17.3. The number of unbranched alkanes of at least 4 members (excludes halogenated alkanes) is 2. The molecule has 0 aromatic heterocycles. The minimum atomic E-state index is -1.24. The van der Waals surface area contributed by atoms with Crippen LogP contribution in [0.15, 0.2) is 0 Å². The second-order valence-corrected chi connectivity index (χ2v) is 11.8. The number of rotatable bonds is 24. The van der Waals surface area contributed by atoms with Gasteiger partial charge in [0.25, 0.3) is 0 Å². The highest BCUT2D eigenvalue weighted by Gasteiger charge is 2.27. The Morgan fingerprint density at radius 3 is 1.76 bits per heavy atom. The van der Waals surface area contributed by atoms with Crippen LogP contribution in [0, 0.1) is 0 Å². The fourth-order valence-electron chi connectivity index (χ4n) is 3.20. The maximum atomic E-state index is 13.0. The summed E-state index contributed by atoms with van der Waals surface area (Å²) in [5.41, 5.74) is 27.4. The van der Waals surface area contributed by atoms with Gasteiger partial charge in [0.1, 0.15) is 30.2 Å². The number of carboxylic acids is 1. The van der Waals surface area contributed by atoms with Gasteiger partial charge < -0.3 is 60.1 Å². The van der Waals surface area contributed by atoms with Gasteiger partial charge in [-0.25, -0.2) is 0 Å². The number of carbonyl (C=O) groups excluding carboxylic acids is 5. The zero-order valence-electron chi connectivity index (χ0n) is 23.4. The van der Waals surface area contributed by atoms with E-state index in [0.717, 1.165) is 21.6 Å². The fourth-order valence-corrected chi connectivity index (χ4v) is 5.48. The van der Waals surface area contributed by atoms with Crippen LogP contribution < -0.4 is 49.9 Å². The van der Waals surface area contributed by atoms with Crippen LogP contribution in [0.2, 0.25) is 0 Å². The van der Waals surface area contributed by atoms with Crippen LogP contribution >= 0.6 is 21.6 Å². The summed E-state index contributed by atoms with van der Waals surface area (Å²) in [6.07, 6.45) is 2.64. The smallest absolute Gasteiger partial charge is 0.321 e. The zero-order chi connectivity index (χ0) is 32.1. The van der Waals surface area contributed by atoms with Gasteiger partial charge in [0.15, 0.2) is 0 Å². The van der Waals surface area contributed by atoms with Gasteiger partial charge in [0.2, 0.25) is 29.5 Å². The van der Waals surface area contributed by atoms with Gasteiger partial charge in [-0.3, -0.25) is 28.8 Å². The lowest BCUT2D eigenvalue weighted by molar-refractivity contribution is -0.138. The first-order valence-corrected chi connectivity index (χ1v) is 15.8. The van der Waals surface area contributed by atoms with Crippen molar-refractivity contribution in [3.8, 4) is 0 Å². The number of hydrogen-bond acceptors (Lipinski definition) is 13. The summed E-state index contributed by atoms with van der Waals surface area (Å²) in [4.78, 5) is 73.3. The Morgan fingerprint density at radius 2 is 1.24 bits per heavy atom. The maximum absolute atomic E-state index is 13.0. The third-order valence-corrected chi connectivity index (χ3v) is 8.13. The molecule has 0 aliphatic rings. The minimum Gasteiger partial charge on any atom is -0.480 e. The molecule has 0 radical (unpaired) electrons. The average molecular weight is 640 g/mol. The highest BCUT2D eigenvalue weighted by Crippen LogP contribution is 2.22. The van der Waals surface area contributed by atoms with E-state index in [-0.39, 0.29) is 24.3 Å². The van der Waals surface area contributed by atoms with E-state index in [9.17, 15) is 28.8 Å². The monoisotopic (exact) mass is 639 g/mol. The molecule has 0 aromatic rings. The van der Waals surface area contributed by atoms with Crippen molar-refractivity contribution in [1.29, 1.82) is 0 Å². The molecular weight excluding hydrogens is 594 g/mol. The van der Waals surface area contributed by atoms with Gasteiger partial charge in [-0.05, 0) is 51.6 Å². The van der Waals surface area contributed by atoms with E-state index in [2.05, 4.69) is 21.3 Å². The predicted molar refractivity (Wildman–Crippen MR) is 159 cm³/mol. The minimum absolute atomic E-state index is 0.0263. The molecule has 1 unspecified atom stereocenters. The Balaban J connectivity index is 5.36. The van der Waals surface area contributed by atoms with Gasteiger partial charge in [0.05, 0.1) is 13.2 Å². The highest BCUT2D eigenvalue weighted by molar-refractivity contribution is 8.76. The van der Waals surface area contributed by atoms with E-state index in [0.29, 0.717) is 38.8 Å². The molecule has 0 aromatic carbocycles. The second kappa shape index (κ2) is 22.9. The third-order valence-electron chi connectivity index (χ3n) is 5.68. The number of amides is 5. The van der Waals surface area contributed by atoms with Crippen molar-refractivity contribution in [3.63, 3.8) is 0 Å². The lowest BCUT2D eigenvalue weighted by atomic mass is 10.1. The number of carbonyl (C=O) groups is 6. The number of carboxylic acid groups (broad SMARTS) is 1. The number of primary amides is 1. The normalized spacial score (nSPS) is 14.5. The molecule has 5 atom stereocenters. The number of nitrogens with two attached hydrogens (primary N) is 5. The summed E-state index contributed by atoms with van der Waals surface area (Å²) in [6, 6.07) is -5.62. The van der Waals surface area contributed by atoms with Gasteiger partial charge in [-0.15, -0.1) is 0 Å². The molecule has 0 bridgehead atoms. The van der Waals surface area contributed by atoms with Crippen molar-refractivity contribution < 1.29 is 39.0 Å². The van der Waals surface area contributed by atoms with E-state index in [4.69, 9.17) is 38.9 Å². The quantitative estimate of drug-likeness (QED) is 0.0350. The van der Waals surface area contributed by atoms with Gasteiger partial charge >= 0.3 is 5.97 Å². The van der Waals surface area contributed by atoms with E-state index < -0.39 is 78.9 Å². The van der Waals surface area contributed by atoms with Crippen molar-refractivity contribution in [3.05, 3.63) is 0 Å². The van der Waals surface area contributed by atoms with Gasteiger partial charge in [-0.2, -0.15) is 0 Å². The first-order chi connectivity index (χ1) is 19.9. The number of aliphatic hydroxyl groups is 1. The molecule has 0 aliphatic heterocycles. The van der Waals surface area contributed by atoms with E-state index in [1.54, 1.807) is 0 Å². The molecule has 5 amide bonds. The average Bonchev–Trinajstić information content (AvgIpc) is 2.95. The molecule has 0 saturated carbocycles. The van der Waals surface area contributed by atoms with Crippen molar-refractivity contribution in [1.82, 2.24) is 21.3 Å². The molecule has 0 rings (SSSR count). The summed E-state index contributed by atoms with van der Waals surface area (Å²) >= 11 is 0. The van der Waals surface area contributed by atoms with Crippen LogP contribution in [-0.2, 0) is 28.8 Å². The Labute approximate surface area is 252 Å². The van der Waals surface area contributed by atoms with E-state index >= 15 is 0 Å². The fraction of sp³-hybridized carbons (Fsp3) is 0.739. The van der Waals surface area contributed by atoms with Gasteiger partial charge in [0, 0.05) is 11.5 Å². The molecule has 16 N–H and O–H groups in total. The molecule has 42 heavy (non-hydrogen) atoms. The van der Waals surface area contributed by atoms with Crippen LogP contribution in [0.4, 0.5) is 0 Å². The molecule has 17 nitrogen and oxygen atoms in total. The first-order valence-electron chi connectivity index (χ1n) is 13.3. The number of aliphatic hydroxyl groups excluding tert-OH is 1. The topological polar surface area (TPSA) is 321 Å². The molecule has 0 saturated heterocycles. The van der Waals surface area contributed by atoms with Crippen molar-refractivity contribution in [2.24, 2.45) is 28.7 Å². The molecule has 0 spiro atoms. The van der Waals surface area contributed by atoms with Crippen molar-refractivity contribution in [2.75, 3.05) is 37.7 Å². The Hall–Kier alpha value is -2.68. The summed E-state index contributed by atoms with van der Waals surface area (Å²) in [5, 5.41) is 27.8. The lowest BCUT2D eigenvalue weighted by Crippen LogP contribution is -2.56. The molecule has 0 fully saturated rings. The van der Waals surface area contributed by atoms with Crippen molar-refractivity contribution in [2.45, 2.75) is 68.7 Å². The van der Waals surface area contributed by atoms with E-state index in [1.165, 1.54) is 0 Å². The zero-order valence-corrected chi connectivity index (χ0v) is 25.1. The Morgan fingerprint density at radius 1 is 0.690 bits per heavy atom. The molecule has 0 heterocycles. The molecule has 19 heteroatoms. The predicted octanol–water partition coefficient (Wildman–Crippen LogP) is -4.59. The van der Waals surface area contributed by atoms with Crippen LogP contribution in [0.25, 0.3) is 0 Å². The largest absolute Gasteiger partial charge is 0.480 e. The lowest BCUT2D eigenvalue weighted by Gasteiger charge is -2.23.